The van der Waals surface area contributed by atoms with Gasteiger partial charge in [-0.3, -0.25) is 8.78 Å². The molecule has 1 unspecified atom stereocenters. The van der Waals surface area contributed by atoms with Gasteiger partial charge in [-0.2, -0.15) is 0 Å². The first-order valence-corrected chi connectivity index (χ1v) is 15.2. The Morgan fingerprint density at radius 3 is 2.38 bits per heavy atom. The number of halogens is 1. The Morgan fingerprint density at radius 2 is 1.77 bits per heavy atom. The van der Waals surface area contributed by atoms with E-state index < -0.39 is 27.1 Å². The predicted molar refractivity (Wildman–Crippen MR) is 151 cm³/mol. The number of aryl methyl sites for hydroxylation is 1. The summed E-state index contributed by atoms with van der Waals surface area (Å²) in [4.78, 5) is 16.8. The number of nitrogens with two attached hydrogens (primary N) is 1. The molecule has 0 aliphatic heterocycles. The van der Waals surface area contributed by atoms with Gasteiger partial charge in [0.15, 0.2) is 0 Å². The molecule has 3 aromatic carbocycles. The molecule has 0 aliphatic carbocycles. The fraction of sp³-hybridized carbons (Fsp3) is 0.231. The molecule has 4 aromatic rings. The molecule has 208 valence electrons. The smallest absolute Gasteiger partial charge is 1.00 e. The van der Waals surface area contributed by atoms with E-state index in [0.717, 1.165) is 28.2 Å². The first-order valence-electron chi connectivity index (χ1n) is 12.1. The maximum Gasteiger partial charge on any atom is 1.00 e. The van der Waals surface area contributed by atoms with Crippen LogP contribution >= 0.6 is 11.6 Å². The molecule has 0 saturated heterocycles. The van der Waals surface area contributed by atoms with E-state index in [4.69, 9.17) is 17.3 Å². The van der Waals surface area contributed by atoms with Crippen LogP contribution < -0.4 is 45.3 Å². The molecule has 0 bridgehead atoms. The molecule has 0 radical (unpaired) electrons. The molecule has 2 amide bonds. The average molecular weight is 613 g/mol. The second-order valence-electron chi connectivity index (χ2n) is 8.72. The third kappa shape index (κ3) is 7.71. The zero-order valence-corrected chi connectivity index (χ0v) is 26.4. The van der Waals surface area contributed by atoms with Crippen LogP contribution in [0.15, 0.2) is 65.6 Å². The van der Waals surface area contributed by atoms with Gasteiger partial charge in [-0.05, 0) is 59.5 Å². The molecule has 40 heavy (non-hydrogen) atoms. The second-order valence-corrected chi connectivity index (χ2v) is 11.7. The van der Waals surface area contributed by atoms with Crippen molar-refractivity contribution in [1.29, 1.82) is 0 Å². The Morgan fingerprint density at radius 1 is 1.12 bits per heavy atom. The molecule has 4 N–H and O–H groups in total. The summed E-state index contributed by atoms with van der Waals surface area (Å²) >= 11 is 4.10. The van der Waals surface area contributed by atoms with E-state index >= 15 is 0 Å². The number of nitrogens with zero attached hydrogens (tertiary/aromatic N) is 2. The number of urea groups is 1. The quantitative estimate of drug-likeness (QED) is 0.173. The monoisotopic (exact) mass is 612 g/mol. The number of rotatable bonds is 10. The van der Waals surface area contributed by atoms with Crippen molar-refractivity contribution in [2.45, 2.75) is 37.0 Å². The van der Waals surface area contributed by atoms with E-state index in [1.54, 1.807) is 24.3 Å². The number of amides is 2. The number of nitrogens with one attached hydrogen (secondary N) is 2. The Bertz CT molecular complexity index is 1640. The third-order valence-electron chi connectivity index (χ3n) is 6.07. The van der Waals surface area contributed by atoms with Crippen LogP contribution in [-0.4, -0.2) is 39.3 Å². The maximum absolute atomic E-state index is 12.4. The number of carbonyl (C=O) groups is 1. The van der Waals surface area contributed by atoms with Gasteiger partial charge in [-0.15, -0.1) is 0 Å². The van der Waals surface area contributed by atoms with Gasteiger partial charge in [-0.1, -0.05) is 53.9 Å². The van der Waals surface area contributed by atoms with E-state index in [-0.39, 0.29) is 54.7 Å². The van der Waals surface area contributed by atoms with Crippen molar-refractivity contribution < 1.29 is 53.0 Å². The number of aromatic nitrogens is 2. The summed E-state index contributed by atoms with van der Waals surface area (Å²) < 4.78 is 51.1. The second kappa shape index (κ2) is 14.1. The van der Waals surface area contributed by atoms with E-state index in [1.165, 1.54) is 12.1 Å². The van der Waals surface area contributed by atoms with Crippen LogP contribution in [0.25, 0.3) is 16.7 Å². The van der Waals surface area contributed by atoms with Crippen molar-refractivity contribution in [3.8, 4) is 5.69 Å². The van der Waals surface area contributed by atoms with Crippen LogP contribution in [0.5, 0.6) is 0 Å². The summed E-state index contributed by atoms with van der Waals surface area (Å²) in [6.45, 7) is 2.49. The molecule has 0 fully saturated rings. The summed E-state index contributed by atoms with van der Waals surface area (Å²) in [6.07, 6.45) is 1.13. The number of carbonyl (C=O) groups excluding carboxylic acids is 1. The van der Waals surface area contributed by atoms with Crippen molar-refractivity contribution in [1.82, 2.24) is 19.6 Å². The van der Waals surface area contributed by atoms with Crippen molar-refractivity contribution >= 4 is 49.8 Å². The minimum Gasteiger partial charge on any atom is -1.00 e. The van der Waals surface area contributed by atoms with Gasteiger partial charge in [0.2, 0.25) is 0 Å². The SMILES string of the molecule is CCc1nc2cc(CS(=O)[O-])c(Cl)cc2n1-c1ccc(CCNC(=O)NS(=O)(=O)c2ccc(CN)cc2)cc1.[H-].[Na+]. The normalized spacial score (nSPS) is 12.1. The molecular formula is C26H28ClN5NaO5S2-. The number of hydrogen-bond donors (Lipinski definition) is 3. The number of sulfonamides is 1. The van der Waals surface area contributed by atoms with Gasteiger partial charge in [-0.25, -0.2) is 22.9 Å². The van der Waals surface area contributed by atoms with E-state index in [9.17, 15) is 22.0 Å². The van der Waals surface area contributed by atoms with Gasteiger partial charge < -0.3 is 17.0 Å². The van der Waals surface area contributed by atoms with Crippen LogP contribution in [0.4, 0.5) is 4.79 Å². The van der Waals surface area contributed by atoms with Gasteiger partial charge in [0.1, 0.15) is 5.82 Å². The molecule has 0 aliphatic rings. The topological polar surface area (TPSA) is 159 Å². The minimum absolute atomic E-state index is 0. The molecule has 14 heteroatoms. The fourth-order valence-electron chi connectivity index (χ4n) is 4.11. The van der Waals surface area contributed by atoms with Crippen LogP contribution in [0, 0.1) is 0 Å². The van der Waals surface area contributed by atoms with Crippen molar-refractivity contribution in [2.24, 2.45) is 5.73 Å². The Kier molecular flexibility index (Phi) is 11.3. The first kappa shape index (κ1) is 32.2. The molecule has 1 atom stereocenters. The van der Waals surface area contributed by atoms with Gasteiger partial charge in [0.05, 0.1) is 15.9 Å². The van der Waals surface area contributed by atoms with Crippen LogP contribution in [0.1, 0.15) is 30.9 Å². The summed E-state index contributed by atoms with van der Waals surface area (Å²) in [7, 11) is -4.00. The van der Waals surface area contributed by atoms with Crippen molar-refractivity contribution in [3.05, 3.63) is 88.2 Å². The van der Waals surface area contributed by atoms with E-state index in [1.807, 2.05) is 40.5 Å². The maximum atomic E-state index is 12.4. The zero-order valence-electron chi connectivity index (χ0n) is 23.0. The number of fused-ring (bicyclic) bond motifs is 1. The molecule has 0 saturated carbocycles. The molecule has 1 aromatic heterocycles. The molecule has 4 rings (SSSR count). The number of benzene rings is 3. The Hall–Kier alpha value is -2.29. The van der Waals surface area contributed by atoms with Gasteiger partial charge in [0.25, 0.3) is 10.0 Å². The van der Waals surface area contributed by atoms with Gasteiger partial charge >= 0.3 is 35.6 Å². The number of hydrogen-bond acceptors (Lipinski definition) is 7. The largest absolute Gasteiger partial charge is 1.00 e. The van der Waals surface area contributed by atoms with E-state index in [0.29, 0.717) is 28.9 Å². The van der Waals surface area contributed by atoms with E-state index in [2.05, 4.69) is 10.3 Å². The fourth-order valence-corrected chi connectivity index (χ4v) is 5.83. The average Bonchev–Trinajstić information content (AvgIpc) is 3.26. The number of imidazole rings is 1. The zero-order chi connectivity index (χ0) is 28.2. The molecule has 10 nitrogen and oxygen atoms in total. The van der Waals surface area contributed by atoms with Crippen LogP contribution in [0.3, 0.4) is 0 Å². The van der Waals surface area contributed by atoms with Gasteiger partial charge in [0, 0.05) is 36.0 Å². The molecule has 0 spiro atoms. The predicted octanol–water partition coefficient (Wildman–Crippen LogP) is 0.426. The Labute approximate surface area is 263 Å². The molecular weight excluding hydrogens is 585 g/mol. The Balaban J connectivity index is 0.00000294. The third-order valence-corrected chi connectivity index (χ3v) is 8.32. The summed E-state index contributed by atoms with van der Waals surface area (Å²) in [5.41, 5.74) is 10.0. The summed E-state index contributed by atoms with van der Waals surface area (Å²) in [5.74, 6) is 0.615. The first-order chi connectivity index (χ1) is 18.6. The standard InChI is InChI=1S/C26H28ClN5O5S2.Na.H/c1-2-25-30-23-13-19(16-38(34)35)22(27)14-24(23)32(25)20-7-3-17(4-8-20)11-12-29-26(33)31-39(36,37)21-9-5-18(15-28)6-10-21;;/h3-10,13-14H,2,11-12,15-16,28H2,1H3,(H,34,35)(H2,29,31,33);;/q;+1;-1/p-1. The molecule has 1 heterocycles. The summed E-state index contributed by atoms with van der Waals surface area (Å²) in [6, 6.07) is 16.2. The summed E-state index contributed by atoms with van der Waals surface area (Å²) in [5, 5.41) is 2.92. The van der Waals surface area contributed by atoms with Crippen LogP contribution in [0.2, 0.25) is 5.02 Å². The van der Waals surface area contributed by atoms with Crippen LogP contribution in [-0.2, 0) is 46.2 Å². The minimum atomic E-state index is -4.00. The van der Waals surface area contributed by atoms with Crippen molar-refractivity contribution in [2.75, 3.05) is 6.54 Å². The van der Waals surface area contributed by atoms with Crippen molar-refractivity contribution in [3.63, 3.8) is 0 Å².